The molecule has 2 aromatic rings. The first-order chi connectivity index (χ1) is 10.1. The number of aryl methyl sites for hydroxylation is 1. The monoisotopic (exact) mass is 283 g/mol. The van der Waals surface area contributed by atoms with E-state index in [1.807, 2.05) is 6.07 Å². The van der Waals surface area contributed by atoms with Crippen LogP contribution in [-0.2, 0) is 11.2 Å². The zero-order valence-electron chi connectivity index (χ0n) is 11.1. The number of hydrogen-bond donors (Lipinski definition) is 3. The van der Waals surface area contributed by atoms with Crippen LogP contribution in [0.1, 0.15) is 22.3 Å². The number of carbonyl (C=O) groups excluding carboxylic acids is 2. The van der Waals surface area contributed by atoms with Crippen LogP contribution in [0, 0.1) is 0 Å². The lowest BCUT2D eigenvalue weighted by atomic mass is 10.0. The number of carbonyl (C=O) groups is 2. The van der Waals surface area contributed by atoms with Gasteiger partial charge >= 0.3 is 0 Å². The lowest BCUT2D eigenvalue weighted by molar-refractivity contribution is -0.116. The van der Waals surface area contributed by atoms with E-state index in [4.69, 9.17) is 0 Å². The molecule has 21 heavy (non-hydrogen) atoms. The second-order valence-corrected chi connectivity index (χ2v) is 4.82. The lowest BCUT2D eigenvalue weighted by Gasteiger charge is -2.17. The molecule has 0 saturated heterocycles. The molecule has 0 fully saturated rings. The number of aromatic amines is 1. The summed E-state index contributed by atoms with van der Waals surface area (Å²) in [5.41, 5.74) is 2.37. The van der Waals surface area contributed by atoms with Gasteiger partial charge < -0.3 is 15.6 Å². The minimum absolute atomic E-state index is 0.00259. The third-order valence-corrected chi connectivity index (χ3v) is 3.30. The summed E-state index contributed by atoms with van der Waals surface area (Å²) in [5, 5.41) is 5.52. The highest BCUT2D eigenvalue weighted by atomic mass is 16.2. The first-order valence-electron chi connectivity index (χ1n) is 6.55. The molecule has 1 aromatic carbocycles. The fraction of sp³-hybridized carbons (Fsp3) is 0.133. The van der Waals surface area contributed by atoms with Crippen molar-refractivity contribution in [3.63, 3.8) is 0 Å². The van der Waals surface area contributed by atoms with Gasteiger partial charge in [-0.3, -0.25) is 14.4 Å². The van der Waals surface area contributed by atoms with Crippen molar-refractivity contribution < 1.29 is 9.59 Å². The zero-order chi connectivity index (χ0) is 14.8. The van der Waals surface area contributed by atoms with Crippen LogP contribution in [-0.4, -0.2) is 16.8 Å². The van der Waals surface area contributed by atoms with E-state index in [-0.39, 0.29) is 17.4 Å². The normalized spacial score (nSPS) is 13.2. The molecule has 2 amide bonds. The van der Waals surface area contributed by atoms with Crippen LogP contribution >= 0.6 is 0 Å². The number of H-pyrrole nitrogens is 1. The molecule has 0 bridgehead atoms. The maximum atomic E-state index is 12.1. The predicted octanol–water partition coefficient (Wildman–Crippen LogP) is 1.51. The molecular formula is C15H13N3O3. The van der Waals surface area contributed by atoms with Gasteiger partial charge in [0.15, 0.2) is 0 Å². The van der Waals surface area contributed by atoms with Crippen LogP contribution in [0.15, 0.2) is 41.3 Å². The van der Waals surface area contributed by atoms with Crippen LogP contribution < -0.4 is 16.2 Å². The summed E-state index contributed by atoms with van der Waals surface area (Å²) >= 11 is 0. The van der Waals surface area contributed by atoms with E-state index < -0.39 is 0 Å². The summed E-state index contributed by atoms with van der Waals surface area (Å²) < 4.78 is 0. The number of fused-ring (bicyclic) bond motifs is 1. The fourth-order valence-electron chi connectivity index (χ4n) is 2.25. The molecule has 0 atom stereocenters. The summed E-state index contributed by atoms with van der Waals surface area (Å²) in [5.74, 6) is -0.344. The molecule has 2 heterocycles. The third kappa shape index (κ3) is 2.84. The van der Waals surface area contributed by atoms with Gasteiger partial charge in [0.05, 0.1) is 0 Å². The summed E-state index contributed by atoms with van der Waals surface area (Å²) in [4.78, 5) is 37.0. The van der Waals surface area contributed by atoms with Crippen molar-refractivity contribution in [2.24, 2.45) is 0 Å². The van der Waals surface area contributed by atoms with Crippen molar-refractivity contribution in [3.05, 3.63) is 58.0 Å². The number of benzene rings is 1. The molecule has 0 aliphatic carbocycles. The highest BCUT2D eigenvalue weighted by Gasteiger charge is 2.15. The molecule has 1 aliphatic rings. The van der Waals surface area contributed by atoms with Crippen LogP contribution in [0.25, 0.3) is 0 Å². The number of hydrogen-bond acceptors (Lipinski definition) is 3. The van der Waals surface area contributed by atoms with Crippen molar-refractivity contribution >= 4 is 23.2 Å². The Morgan fingerprint density at radius 2 is 1.95 bits per heavy atom. The first-order valence-corrected chi connectivity index (χ1v) is 6.55. The van der Waals surface area contributed by atoms with Crippen LogP contribution in [0.3, 0.4) is 0 Å². The molecule has 3 rings (SSSR count). The van der Waals surface area contributed by atoms with Gasteiger partial charge in [-0.15, -0.1) is 0 Å². The summed E-state index contributed by atoms with van der Waals surface area (Å²) in [7, 11) is 0. The summed E-state index contributed by atoms with van der Waals surface area (Å²) in [6, 6.07) is 8.10. The van der Waals surface area contributed by atoms with E-state index in [1.165, 1.54) is 18.3 Å². The molecule has 3 N–H and O–H groups in total. The van der Waals surface area contributed by atoms with E-state index in [1.54, 1.807) is 12.1 Å². The molecule has 6 nitrogen and oxygen atoms in total. The van der Waals surface area contributed by atoms with Crippen molar-refractivity contribution in [1.82, 2.24) is 4.98 Å². The van der Waals surface area contributed by atoms with Gasteiger partial charge in [0.2, 0.25) is 11.5 Å². The third-order valence-electron chi connectivity index (χ3n) is 3.30. The van der Waals surface area contributed by atoms with E-state index in [9.17, 15) is 14.4 Å². The number of nitrogens with one attached hydrogen (secondary N) is 3. The lowest BCUT2D eigenvalue weighted by Crippen LogP contribution is -2.19. The van der Waals surface area contributed by atoms with Gasteiger partial charge in [0, 0.05) is 35.6 Å². The van der Waals surface area contributed by atoms with Crippen LogP contribution in [0.4, 0.5) is 11.4 Å². The molecule has 1 aliphatic heterocycles. The maximum Gasteiger partial charge on any atom is 0.255 e. The Hall–Kier alpha value is -2.89. The zero-order valence-corrected chi connectivity index (χ0v) is 11.1. The largest absolute Gasteiger partial charge is 0.329 e. The predicted molar refractivity (Wildman–Crippen MR) is 78.4 cm³/mol. The van der Waals surface area contributed by atoms with E-state index in [2.05, 4.69) is 15.6 Å². The standard InChI is InChI=1S/C15H13N3O3/c19-13-4-1-9-7-11(2-3-12(9)18-13)17-15(21)10-5-6-16-14(20)8-10/h2-3,5-8H,1,4H2,(H,16,20)(H,17,21)(H,18,19). The molecule has 0 radical (unpaired) electrons. The Labute approximate surface area is 120 Å². The van der Waals surface area contributed by atoms with Crippen molar-refractivity contribution in [2.75, 3.05) is 10.6 Å². The minimum Gasteiger partial charge on any atom is -0.329 e. The Kier molecular flexibility index (Phi) is 3.27. The van der Waals surface area contributed by atoms with Gasteiger partial charge in [-0.2, -0.15) is 0 Å². The van der Waals surface area contributed by atoms with Crippen molar-refractivity contribution in [1.29, 1.82) is 0 Å². The fourth-order valence-corrected chi connectivity index (χ4v) is 2.25. The number of rotatable bonds is 2. The molecule has 1 aromatic heterocycles. The Bertz CT molecular complexity index is 780. The van der Waals surface area contributed by atoms with Gasteiger partial charge in [-0.05, 0) is 36.2 Å². The molecule has 106 valence electrons. The van der Waals surface area contributed by atoms with Gasteiger partial charge in [-0.25, -0.2) is 0 Å². The average molecular weight is 283 g/mol. The summed E-state index contributed by atoms with van der Waals surface area (Å²) in [6.45, 7) is 0. The van der Waals surface area contributed by atoms with E-state index in [0.29, 0.717) is 24.1 Å². The number of pyridine rings is 1. The van der Waals surface area contributed by atoms with Gasteiger partial charge in [0.1, 0.15) is 0 Å². The molecule has 0 unspecified atom stereocenters. The van der Waals surface area contributed by atoms with E-state index >= 15 is 0 Å². The molecule has 0 spiro atoms. The quantitative estimate of drug-likeness (QED) is 0.780. The smallest absolute Gasteiger partial charge is 0.255 e. The Morgan fingerprint density at radius 1 is 1.10 bits per heavy atom. The number of aromatic nitrogens is 1. The van der Waals surface area contributed by atoms with Gasteiger partial charge in [-0.1, -0.05) is 0 Å². The number of amides is 2. The summed E-state index contributed by atoms with van der Waals surface area (Å²) in [6.07, 6.45) is 2.52. The second-order valence-electron chi connectivity index (χ2n) is 4.82. The highest BCUT2D eigenvalue weighted by molar-refractivity contribution is 6.04. The maximum absolute atomic E-state index is 12.1. The Balaban J connectivity index is 1.81. The van der Waals surface area contributed by atoms with Gasteiger partial charge in [0.25, 0.3) is 5.91 Å². The Morgan fingerprint density at radius 3 is 2.76 bits per heavy atom. The van der Waals surface area contributed by atoms with Crippen LogP contribution in [0.2, 0.25) is 0 Å². The topological polar surface area (TPSA) is 91.1 Å². The highest BCUT2D eigenvalue weighted by Crippen LogP contribution is 2.25. The van der Waals surface area contributed by atoms with E-state index in [0.717, 1.165) is 11.3 Å². The SMILES string of the molecule is O=C1CCc2cc(NC(=O)c3cc[nH]c(=O)c3)ccc2N1. The first kappa shape index (κ1) is 13.1. The second kappa shape index (κ2) is 5.24. The molecule has 0 saturated carbocycles. The average Bonchev–Trinajstić information content (AvgIpc) is 2.47. The van der Waals surface area contributed by atoms with Crippen molar-refractivity contribution in [3.8, 4) is 0 Å². The number of anilines is 2. The van der Waals surface area contributed by atoms with Crippen molar-refractivity contribution in [2.45, 2.75) is 12.8 Å². The molecular weight excluding hydrogens is 270 g/mol. The van der Waals surface area contributed by atoms with Crippen LogP contribution in [0.5, 0.6) is 0 Å². The molecule has 6 heteroatoms. The minimum atomic E-state index is -0.346.